The van der Waals surface area contributed by atoms with Crippen LogP contribution < -0.4 is 9.62 Å². The molecule has 0 bridgehead atoms. The Bertz CT molecular complexity index is 746. The largest absolute Gasteiger partial charge is 0.325 e. The fourth-order valence-electron chi connectivity index (χ4n) is 1.86. The zero-order chi connectivity index (χ0) is 16.2. The van der Waals surface area contributed by atoms with Crippen molar-refractivity contribution in [3.63, 3.8) is 0 Å². The summed E-state index contributed by atoms with van der Waals surface area (Å²) in [5.41, 5.74) is 0.798. The van der Waals surface area contributed by atoms with E-state index in [0.29, 0.717) is 5.69 Å². The number of carbonyl (C=O) groups is 1. The Balaban J connectivity index is 2.17. The van der Waals surface area contributed by atoms with Crippen LogP contribution in [0.1, 0.15) is 0 Å². The smallest absolute Gasteiger partial charge is 0.245 e. The number of halogens is 1. The number of sulfonamides is 1. The molecule has 0 aliphatic heterocycles. The molecule has 0 aliphatic carbocycles. The van der Waals surface area contributed by atoms with E-state index in [2.05, 4.69) is 5.32 Å². The molecule has 5 nitrogen and oxygen atoms in total. The van der Waals surface area contributed by atoms with Gasteiger partial charge in [0.25, 0.3) is 0 Å². The second-order valence-corrected chi connectivity index (χ2v) is 6.57. The molecule has 7 heteroatoms. The number of anilines is 2. The van der Waals surface area contributed by atoms with Gasteiger partial charge in [0.15, 0.2) is 0 Å². The highest BCUT2D eigenvalue weighted by Gasteiger charge is 2.20. The normalized spacial score (nSPS) is 11.0. The van der Waals surface area contributed by atoms with Crippen LogP contribution in [-0.4, -0.2) is 27.1 Å². The maximum Gasteiger partial charge on any atom is 0.245 e. The predicted molar refractivity (Wildman–Crippen MR) is 83.7 cm³/mol. The molecule has 0 radical (unpaired) electrons. The average Bonchev–Trinajstić information content (AvgIpc) is 2.46. The Morgan fingerprint density at radius 1 is 1.09 bits per heavy atom. The van der Waals surface area contributed by atoms with Gasteiger partial charge in [-0.15, -0.1) is 0 Å². The van der Waals surface area contributed by atoms with E-state index in [1.165, 1.54) is 12.1 Å². The summed E-state index contributed by atoms with van der Waals surface area (Å²) in [5.74, 6) is -0.966. The molecule has 2 rings (SSSR count). The Hall–Kier alpha value is -2.41. The molecule has 0 fully saturated rings. The van der Waals surface area contributed by atoms with Gasteiger partial charge in [-0.2, -0.15) is 0 Å². The molecular formula is C15H15FN2O3S. The van der Waals surface area contributed by atoms with Crippen LogP contribution in [0.15, 0.2) is 54.6 Å². The van der Waals surface area contributed by atoms with E-state index < -0.39 is 21.7 Å². The third kappa shape index (κ3) is 4.29. The number of para-hydroxylation sites is 1. The van der Waals surface area contributed by atoms with Crippen molar-refractivity contribution >= 4 is 27.3 Å². The monoisotopic (exact) mass is 322 g/mol. The molecule has 0 atom stereocenters. The van der Waals surface area contributed by atoms with Gasteiger partial charge in [0.2, 0.25) is 15.9 Å². The number of hydrogen-bond acceptors (Lipinski definition) is 3. The molecule has 22 heavy (non-hydrogen) atoms. The molecule has 1 N–H and O–H groups in total. The molecule has 1 amide bonds. The van der Waals surface area contributed by atoms with Crippen LogP contribution in [0.2, 0.25) is 0 Å². The number of rotatable bonds is 5. The summed E-state index contributed by atoms with van der Waals surface area (Å²) >= 11 is 0. The van der Waals surface area contributed by atoms with Crippen molar-refractivity contribution in [2.75, 3.05) is 22.4 Å². The summed E-state index contributed by atoms with van der Waals surface area (Å²) in [4.78, 5) is 12.0. The van der Waals surface area contributed by atoms with Gasteiger partial charge in [-0.05, 0) is 36.4 Å². The maximum atomic E-state index is 12.9. The zero-order valence-corrected chi connectivity index (χ0v) is 12.7. The molecule has 2 aromatic carbocycles. The highest BCUT2D eigenvalue weighted by Crippen LogP contribution is 2.18. The van der Waals surface area contributed by atoms with Gasteiger partial charge < -0.3 is 5.32 Å². The van der Waals surface area contributed by atoms with Crippen molar-refractivity contribution in [2.24, 2.45) is 0 Å². The molecular weight excluding hydrogens is 307 g/mol. The lowest BCUT2D eigenvalue weighted by Gasteiger charge is -2.21. The van der Waals surface area contributed by atoms with E-state index in [4.69, 9.17) is 0 Å². The first-order chi connectivity index (χ1) is 10.4. The van der Waals surface area contributed by atoms with Gasteiger partial charge in [0, 0.05) is 5.69 Å². The molecule has 0 aromatic heterocycles. The predicted octanol–water partition coefficient (Wildman–Crippen LogP) is 2.23. The third-order valence-electron chi connectivity index (χ3n) is 2.86. The quantitative estimate of drug-likeness (QED) is 0.918. The number of carbonyl (C=O) groups excluding carboxylic acids is 1. The van der Waals surface area contributed by atoms with E-state index >= 15 is 0 Å². The summed E-state index contributed by atoms with van der Waals surface area (Å²) in [7, 11) is -3.67. The molecule has 0 unspecified atom stereocenters. The molecule has 0 saturated carbocycles. The highest BCUT2D eigenvalue weighted by atomic mass is 32.2. The first-order valence-corrected chi connectivity index (χ1v) is 8.29. The van der Waals surface area contributed by atoms with Crippen LogP contribution in [0.3, 0.4) is 0 Å². The number of nitrogens with zero attached hydrogens (tertiary/aromatic N) is 1. The fraction of sp³-hybridized carbons (Fsp3) is 0.133. The van der Waals surface area contributed by atoms with Crippen LogP contribution in [0.25, 0.3) is 0 Å². The van der Waals surface area contributed by atoms with Crippen molar-refractivity contribution in [3.8, 4) is 0 Å². The first kappa shape index (κ1) is 16.0. The van der Waals surface area contributed by atoms with Gasteiger partial charge in [-0.3, -0.25) is 9.10 Å². The third-order valence-corrected chi connectivity index (χ3v) is 4.00. The van der Waals surface area contributed by atoms with Gasteiger partial charge in [-0.25, -0.2) is 12.8 Å². The maximum absolute atomic E-state index is 12.9. The second-order valence-electron chi connectivity index (χ2n) is 4.66. The Kier molecular flexibility index (Phi) is 4.77. The summed E-state index contributed by atoms with van der Waals surface area (Å²) in [6.45, 7) is -0.390. The Morgan fingerprint density at radius 3 is 2.23 bits per heavy atom. The van der Waals surface area contributed by atoms with E-state index in [9.17, 15) is 17.6 Å². The van der Waals surface area contributed by atoms with Gasteiger partial charge in [0.1, 0.15) is 12.4 Å². The van der Waals surface area contributed by atoms with Crippen molar-refractivity contribution in [1.82, 2.24) is 0 Å². The number of hydrogen-bond donors (Lipinski definition) is 1. The minimum Gasteiger partial charge on any atom is -0.325 e. The molecule has 0 aliphatic rings. The Morgan fingerprint density at radius 2 is 1.68 bits per heavy atom. The van der Waals surface area contributed by atoms with E-state index in [0.717, 1.165) is 22.7 Å². The van der Waals surface area contributed by atoms with Crippen LogP contribution in [0.4, 0.5) is 15.8 Å². The lowest BCUT2D eigenvalue weighted by Crippen LogP contribution is -2.37. The fourth-order valence-corrected chi connectivity index (χ4v) is 2.72. The van der Waals surface area contributed by atoms with Crippen molar-refractivity contribution in [1.29, 1.82) is 0 Å². The zero-order valence-electron chi connectivity index (χ0n) is 11.9. The minimum atomic E-state index is -3.67. The summed E-state index contributed by atoms with van der Waals surface area (Å²) < 4.78 is 37.6. The molecule has 2 aromatic rings. The average molecular weight is 322 g/mol. The van der Waals surface area contributed by atoms with Crippen LogP contribution in [-0.2, 0) is 14.8 Å². The van der Waals surface area contributed by atoms with Crippen LogP contribution in [0, 0.1) is 5.82 Å². The second kappa shape index (κ2) is 6.57. The highest BCUT2D eigenvalue weighted by molar-refractivity contribution is 7.92. The number of amides is 1. The SMILES string of the molecule is CS(=O)(=O)N(CC(=O)Nc1ccccc1)c1ccc(F)cc1. The topological polar surface area (TPSA) is 66.5 Å². The van der Waals surface area contributed by atoms with E-state index in [-0.39, 0.29) is 12.2 Å². The van der Waals surface area contributed by atoms with Crippen molar-refractivity contribution in [3.05, 3.63) is 60.4 Å². The molecule has 0 spiro atoms. The Labute approximate surface area is 128 Å². The van der Waals surface area contributed by atoms with Gasteiger partial charge in [-0.1, -0.05) is 18.2 Å². The lowest BCUT2D eigenvalue weighted by atomic mass is 10.3. The van der Waals surface area contributed by atoms with Gasteiger partial charge in [0.05, 0.1) is 11.9 Å². The first-order valence-electron chi connectivity index (χ1n) is 6.44. The summed E-state index contributed by atoms with van der Waals surface area (Å²) in [5, 5.41) is 2.61. The molecule has 116 valence electrons. The standard InChI is InChI=1S/C15H15FN2O3S/c1-22(20,21)18(14-9-7-12(16)8-10-14)11-15(19)17-13-5-3-2-4-6-13/h2-10H,11H2,1H3,(H,17,19). The lowest BCUT2D eigenvalue weighted by molar-refractivity contribution is -0.114. The van der Waals surface area contributed by atoms with Crippen molar-refractivity contribution < 1.29 is 17.6 Å². The summed E-state index contributed by atoms with van der Waals surface area (Å²) in [6, 6.07) is 13.6. The van der Waals surface area contributed by atoms with Crippen LogP contribution >= 0.6 is 0 Å². The number of nitrogens with one attached hydrogen (secondary N) is 1. The number of benzene rings is 2. The summed E-state index contributed by atoms with van der Waals surface area (Å²) in [6.07, 6.45) is 0.992. The molecule has 0 heterocycles. The molecule has 0 saturated heterocycles. The van der Waals surface area contributed by atoms with Crippen molar-refractivity contribution in [2.45, 2.75) is 0 Å². The van der Waals surface area contributed by atoms with Crippen LogP contribution in [0.5, 0.6) is 0 Å². The van der Waals surface area contributed by atoms with E-state index in [1.54, 1.807) is 30.3 Å². The van der Waals surface area contributed by atoms with E-state index in [1.807, 2.05) is 0 Å². The minimum absolute atomic E-state index is 0.229. The van der Waals surface area contributed by atoms with Gasteiger partial charge >= 0.3 is 0 Å².